The summed E-state index contributed by atoms with van der Waals surface area (Å²) < 4.78 is 32.8. The average molecular weight is 506 g/mol. The number of benzodiazepines with no additional fused rings is 1. The molecule has 2 aromatic heterocycles. The molecule has 13 heteroatoms. The van der Waals surface area contributed by atoms with E-state index >= 15 is 0 Å². The van der Waals surface area contributed by atoms with Crippen molar-refractivity contribution in [3.63, 3.8) is 0 Å². The highest BCUT2D eigenvalue weighted by Gasteiger charge is 2.28. The van der Waals surface area contributed by atoms with Gasteiger partial charge >= 0.3 is 6.01 Å². The number of thiazole rings is 1. The van der Waals surface area contributed by atoms with Crippen molar-refractivity contribution in [1.29, 1.82) is 0 Å². The number of alkyl halides is 2. The van der Waals surface area contributed by atoms with Crippen LogP contribution in [0.15, 0.2) is 33.7 Å². The van der Waals surface area contributed by atoms with Gasteiger partial charge in [-0.05, 0) is 32.8 Å². The van der Waals surface area contributed by atoms with Gasteiger partial charge in [0, 0.05) is 30.1 Å². The summed E-state index contributed by atoms with van der Waals surface area (Å²) in [5.74, 6) is -3.32. The van der Waals surface area contributed by atoms with Gasteiger partial charge in [-0.1, -0.05) is 23.3 Å². The number of benzene rings is 1. The molecule has 1 aliphatic heterocycles. The summed E-state index contributed by atoms with van der Waals surface area (Å²) in [4.78, 5) is 21.4. The zero-order valence-corrected chi connectivity index (χ0v) is 20.0. The standard InChI is InChI=1S/C22H25F2N7O3S/c1-12-13-7-3-4-8-14(13)27-18(33)17(26-12)29-21-31-30-19(34-21)16-20(25-9-5-6-10-32)35-15(28-16)11-22(2,23)24/h3-4,7-8,17,25,32H,5-6,9-11H2,1-2H3,(H,27,33)(H,29,31). The van der Waals surface area contributed by atoms with Crippen LogP contribution in [0.3, 0.4) is 0 Å². The zero-order valence-electron chi connectivity index (χ0n) is 19.1. The Kier molecular flexibility index (Phi) is 7.36. The summed E-state index contributed by atoms with van der Waals surface area (Å²) >= 11 is 1.08. The number of aliphatic hydroxyl groups excluding tert-OH is 1. The zero-order chi connectivity index (χ0) is 25.0. The van der Waals surface area contributed by atoms with Crippen LogP contribution in [0.4, 0.5) is 25.5 Å². The van der Waals surface area contributed by atoms with E-state index in [1.807, 2.05) is 18.2 Å². The molecule has 1 aliphatic rings. The van der Waals surface area contributed by atoms with Gasteiger partial charge in [-0.15, -0.1) is 16.4 Å². The number of fused-ring (bicyclic) bond motifs is 1. The molecule has 0 fully saturated rings. The van der Waals surface area contributed by atoms with E-state index in [0.29, 0.717) is 35.8 Å². The SMILES string of the molecule is CC1=NC(Nc2nnc(-c3nc(CC(C)(F)F)sc3NCCCCO)o2)C(=O)Nc2ccccc21. The Bertz CT molecular complexity index is 1220. The van der Waals surface area contributed by atoms with Gasteiger partial charge in [0.2, 0.25) is 6.17 Å². The lowest BCUT2D eigenvalue weighted by molar-refractivity contribution is -0.116. The Morgan fingerprint density at radius 1 is 1.26 bits per heavy atom. The number of halogens is 2. The van der Waals surface area contributed by atoms with Crippen LogP contribution in [0.2, 0.25) is 0 Å². The number of rotatable bonds is 10. The Balaban J connectivity index is 1.54. The van der Waals surface area contributed by atoms with Crippen molar-refractivity contribution in [3.05, 3.63) is 34.8 Å². The first-order chi connectivity index (χ1) is 16.7. The predicted molar refractivity (Wildman–Crippen MR) is 129 cm³/mol. The van der Waals surface area contributed by atoms with Crippen molar-refractivity contribution in [2.24, 2.45) is 4.99 Å². The topological polar surface area (TPSA) is 138 Å². The van der Waals surface area contributed by atoms with Crippen LogP contribution >= 0.6 is 11.3 Å². The van der Waals surface area contributed by atoms with Crippen LogP contribution in [-0.4, -0.2) is 57.1 Å². The molecule has 0 aliphatic carbocycles. The number of unbranched alkanes of at least 4 members (excludes halogenated alkanes) is 1. The third-order valence-corrected chi connectivity index (χ3v) is 6.05. The van der Waals surface area contributed by atoms with Crippen molar-refractivity contribution in [3.8, 4) is 11.6 Å². The molecule has 1 unspecified atom stereocenters. The molecule has 186 valence electrons. The highest BCUT2D eigenvalue weighted by atomic mass is 32.1. The third kappa shape index (κ3) is 6.17. The highest BCUT2D eigenvalue weighted by molar-refractivity contribution is 7.16. The van der Waals surface area contributed by atoms with Gasteiger partial charge in [0.1, 0.15) is 10.0 Å². The Labute approximate surface area is 203 Å². The van der Waals surface area contributed by atoms with E-state index in [0.717, 1.165) is 23.8 Å². The van der Waals surface area contributed by atoms with Gasteiger partial charge in [-0.3, -0.25) is 9.79 Å². The number of para-hydroxylation sites is 1. The fraction of sp³-hybridized carbons (Fsp3) is 0.409. The monoisotopic (exact) mass is 505 g/mol. The van der Waals surface area contributed by atoms with Crippen LogP contribution in [0, 0.1) is 0 Å². The van der Waals surface area contributed by atoms with E-state index in [4.69, 9.17) is 9.52 Å². The van der Waals surface area contributed by atoms with Crippen molar-refractivity contribution in [2.45, 2.75) is 45.2 Å². The molecule has 0 radical (unpaired) electrons. The third-order valence-electron chi connectivity index (χ3n) is 5.04. The lowest BCUT2D eigenvalue weighted by Gasteiger charge is -2.10. The number of anilines is 3. The first kappa shape index (κ1) is 24.7. The van der Waals surface area contributed by atoms with Crippen LogP contribution in [-0.2, 0) is 11.2 Å². The second kappa shape index (κ2) is 10.4. The smallest absolute Gasteiger partial charge is 0.317 e. The lowest BCUT2D eigenvalue weighted by atomic mass is 10.1. The maximum atomic E-state index is 13.6. The molecule has 0 saturated carbocycles. The maximum Gasteiger partial charge on any atom is 0.317 e. The number of aromatic nitrogens is 3. The minimum atomic E-state index is -2.93. The van der Waals surface area contributed by atoms with Crippen molar-refractivity contribution < 1.29 is 23.1 Å². The molecule has 1 aromatic carbocycles. The number of nitrogens with one attached hydrogen (secondary N) is 3. The molecule has 1 amide bonds. The molecule has 0 spiro atoms. The predicted octanol–water partition coefficient (Wildman–Crippen LogP) is 3.77. The van der Waals surface area contributed by atoms with Crippen LogP contribution in [0.25, 0.3) is 11.6 Å². The molecule has 3 aromatic rings. The molecule has 10 nitrogen and oxygen atoms in total. The van der Waals surface area contributed by atoms with Gasteiger partial charge in [-0.2, -0.15) is 0 Å². The normalized spacial score (nSPS) is 15.7. The van der Waals surface area contributed by atoms with Gasteiger partial charge in [-0.25, -0.2) is 13.8 Å². The molecule has 35 heavy (non-hydrogen) atoms. The van der Waals surface area contributed by atoms with E-state index in [1.54, 1.807) is 13.0 Å². The molecule has 4 N–H and O–H groups in total. The van der Waals surface area contributed by atoms with Crippen LogP contribution in [0.1, 0.15) is 37.3 Å². The summed E-state index contributed by atoms with van der Waals surface area (Å²) in [6.45, 7) is 3.19. The number of nitrogens with zero attached hydrogens (tertiary/aromatic N) is 4. The summed E-state index contributed by atoms with van der Waals surface area (Å²) in [6, 6.07) is 7.25. The summed E-state index contributed by atoms with van der Waals surface area (Å²) in [5.41, 5.74) is 2.34. The molecule has 1 atom stereocenters. The van der Waals surface area contributed by atoms with E-state index in [2.05, 4.69) is 36.1 Å². The Hall–Kier alpha value is -3.45. The van der Waals surface area contributed by atoms with E-state index in [9.17, 15) is 13.6 Å². The number of hydrogen-bond acceptors (Lipinski definition) is 10. The van der Waals surface area contributed by atoms with Crippen LogP contribution in [0.5, 0.6) is 0 Å². The van der Waals surface area contributed by atoms with E-state index in [1.165, 1.54) is 0 Å². The van der Waals surface area contributed by atoms with Gasteiger partial charge in [0.25, 0.3) is 17.7 Å². The largest absolute Gasteiger partial charge is 0.402 e. The van der Waals surface area contributed by atoms with Crippen LogP contribution < -0.4 is 16.0 Å². The summed E-state index contributed by atoms with van der Waals surface area (Å²) in [5, 5.41) is 26.4. The Morgan fingerprint density at radius 3 is 2.83 bits per heavy atom. The molecule has 0 saturated heterocycles. The average Bonchev–Trinajstić information content (AvgIpc) is 3.39. The number of amides is 1. The fourth-order valence-corrected chi connectivity index (χ4v) is 4.53. The summed E-state index contributed by atoms with van der Waals surface area (Å²) in [6.07, 6.45) is -0.265. The minimum absolute atomic E-state index is 0.0112. The molecular weight excluding hydrogens is 480 g/mol. The molecule has 3 heterocycles. The van der Waals surface area contributed by atoms with Crippen molar-refractivity contribution in [2.75, 3.05) is 29.1 Å². The van der Waals surface area contributed by atoms with E-state index in [-0.39, 0.29) is 29.2 Å². The van der Waals surface area contributed by atoms with Gasteiger partial charge in [0.05, 0.1) is 6.42 Å². The summed E-state index contributed by atoms with van der Waals surface area (Å²) in [7, 11) is 0. The fourth-order valence-electron chi connectivity index (χ4n) is 3.43. The number of aliphatic imine (C=N–C) groups is 1. The maximum absolute atomic E-state index is 13.6. The van der Waals surface area contributed by atoms with E-state index < -0.39 is 24.4 Å². The van der Waals surface area contributed by atoms with Gasteiger partial charge in [0.15, 0.2) is 5.69 Å². The molecule has 0 bridgehead atoms. The second-order valence-corrected chi connectivity index (χ2v) is 9.18. The van der Waals surface area contributed by atoms with Crippen molar-refractivity contribution >= 4 is 39.7 Å². The van der Waals surface area contributed by atoms with Crippen molar-refractivity contribution in [1.82, 2.24) is 15.2 Å². The highest BCUT2D eigenvalue weighted by Crippen LogP contribution is 2.35. The number of carbonyl (C=O) groups is 1. The minimum Gasteiger partial charge on any atom is -0.402 e. The molecular formula is C22H25F2N7O3S. The lowest BCUT2D eigenvalue weighted by Crippen LogP contribution is -2.32. The number of aliphatic hydroxyl groups is 1. The Morgan fingerprint density at radius 2 is 2.06 bits per heavy atom. The number of carbonyl (C=O) groups excluding carboxylic acids is 1. The molecule has 4 rings (SSSR count). The number of hydrogen-bond donors (Lipinski definition) is 4. The van der Waals surface area contributed by atoms with Gasteiger partial charge < -0.3 is 25.5 Å². The quantitative estimate of drug-likeness (QED) is 0.306. The first-order valence-corrected chi connectivity index (χ1v) is 11.8. The first-order valence-electron chi connectivity index (χ1n) is 11.0. The second-order valence-electron chi connectivity index (χ2n) is 8.10.